The number of rotatable bonds is 3. The Morgan fingerprint density at radius 1 is 1.40 bits per heavy atom. The van der Waals surface area contributed by atoms with Crippen molar-refractivity contribution in [2.75, 3.05) is 32.8 Å². The fourth-order valence-electron chi connectivity index (χ4n) is 2.36. The van der Waals surface area contributed by atoms with E-state index in [-0.39, 0.29) is 19.0 Å². The van der Waals surface area contributed by atoms with Gasteiger partial charge in [0.1, 0.15) is 12.6 Å². The van der Waals surface area contributed by atoms with Crippen molar-refractivity contribution < 1.29 is 24.2 Å². The van der Waals surface area contributed by atoms with E-state index in [1.54, 1.807) is 0 Å². The number of hydrogen-bond acceptors (Lipinski definition) is 4. The van der Waals surface area contributed by atoms with Gasteiger partial charge in [0, 0.05) is 26.3 Å². The minimum absolute atomic E-state index is 0.0567. The maximum absolute atomic E-state index is 12.0. The van der Waals surface area contributed by atoms with E-state index in [0.29, 0.717) is 25.7 Å². The Balaban J connectivity index is 1.87. The summed E-state index contributed by atoms with van der Waals surface area (Å²) in [7, 11) is 0. The standard InChI is InChI=1S/C12H19N3O5/c16-10-7-15(9(6-13-10)11(17)18)12(19)14-5-8-1-3-20-4-2-8/h8-9H,1-7H2,(H,13,16)(H,14,19)(H,17,18). The Bertz CT molecular complexity index is 395. The van der Waals surface area contributed by atoms with Crippen molar-refractivity contribution in [1.82, 2.24) is 15.5 Å². The summed E-state index contributed by atoms with van der Waals surface area (Å²) in [6.45, 7) is 1.57. The molecule has 0 aromatic carbocycles. The van der Waals surface area contributed by atoms with Crippen LogP contribution in [0.1, 0.15) is 12.8 Å². The Morgan fingerprint density at radius 3 is 2.75 bits per heavy atom. The van der Waals surface area contributed by atoms with Gasteiger partial charge in [-0.25, -0.2) is 9.59 Å². The smallest absolute Gasteiger partial charge is 0.328 e. The van der Waals surface area contributed by atoms with Crippen LogP contribution >= 0.6 is 0 Å². The molecular formula is C12H19N3O5. The summed E-state index contributed by atoms with van der Waals surface area (Å²) < 4.78 is 5.23. The molecule has 112 valence electrons. The molecule has 3 N–H and O–H groups in total. The van der Waals surface area contributed by atoms with Crippen LogP contribution in [0.25, 0.3) is 0 Å². The van der Waals surface area contributed by atoms with Gasteiger partial charge in [-0.2, -0.15) is 0 Å². The molecule has 2 fully saturated rings. The molecule has 2 saturated heterocycles. The predicted octanol–water partition coefficient (Wildman–Crippen LogP) is -0.992. The lowest BCUT2D eigenvalue weighted by Crippen LogP contribution is -2.61. The first kappa shape index (κ1) is 14.6. The summed E-state index contributed by atoms with van der Waals surface area (Å²) in [4.78, 5) is 35.5. The van der Waals surface area contributed by atoms with Crippen LogP contribution in [0.15, 0.2) is 0 Å². The molecule has 0 bridgehead atoms. The summed E-state index contributed by atoms with van der Waals surface area (Å²) in [5.41, 5.74) is 0. The van der Waals surface area contributed by atoms with Crippen LogP contribution in [0.5, 0.6) is 0 Å². The number of ether oxygens (including phenoxy) is 1. The average molecular weight is 285 g/mol. The zero-order valence-electron chi connectivity index (χ0n) is 11.1. The number of aliphatic carboxylic acids is 1. The summed E-state index contributed by atoms with van der Waals surface area (Å²) in [5.74, 6) is -1.12. The monoisotopic (exact) mass is 285 g/mol. The molecule has 8 nitrogen and oxygen atoms in total. The van der Waals surface area contributed by atoms with Gasteiger partial charge in [-0.15, -0.1) is 0 Å². The maximum atomic E-state index is 12.0. The van der Waals surface area contributed by atoms with Crippen molar-refractivity contribution >= 4 is 17.9 Å². The van der Waals surface area contributed by atoms with Gasteiger partial charge < -0.3 is 20.5 Å². The Hall–Kier alpha value is -1.83. The number of urea groups is 1. The molecule has 2 rings (SSSR count). The van der Waals surface area contributed by atoms with Gasteiger partial charge in [0.2, 0.25) is 5.91 Å². The van der Waals surface area contributed by atoms with Crippen LogP contribution in [0, 0.1) is 5.92 Å². The van der Waals surface area contributed by atoms with E-state index in [1.165, 1.54) is 0 Å². The first-order valence-corrected chi connectivity index (χ1v) is 6.69. The van der Waals surface area contributed by atoms with Crippen molar-refractivity contribution in [3.8, 4) is 0 Å². The molecule has 2 heterocycles. The molecule has 0 aromatic heterocycles. The molecule has 1 atom stereocenters. The second-order valence-corrected chi connectivity index (χ2v) is 5.03. The number of hydrogen-bond donors (Lipinski definition) is 3. The van der Waals surface area contributed by atoms with Gasteiger partial charge >= 0.3 is 12.0 Å². The quantitative estimate of drug-likeness (QED) is 0.617. The molecule has 1 unspecified atom stereocenters. The van der Waals surface area contributed by atoms with E-state index in [4.69, 9.17) is 9.84 Å². The van der Waals surface area contributed by atoms with E-state index in [2.05, 4.69) is 10.6 Å². The lowest BCUT2D eigenvalue weighted by Gasteiger charge is -2.33. The van der Waals surface area contributed by atoms with Crippen LogP contribution in [0.3, 0.4) is 0 Å². The van der Waals surface area contributed by atoms with E-state index in [0.717, 1.165) is 17.7 Å². The Morgan fingerprint density at radius 2 is 2.10 bits per heavy atom. The number of carboxylic acids is 1. The van der Waals surface area contributed by atoms with Crippen molar-refractivity contribution in [2.45, 2.75) is 18.9 Å². The van der Waals surface area contributed by atoms with Crippen LogP contribution in [0.2, 0.25) is 0 Å². The zero-order chi connectivity index (χ0) is 14.5. The molecule has 20 heavy (non-hydrogen) atoms. The number of amides is 3. The third-order valence-corrected chi connectivity index (χ3v) is 3.61. The van der Waals surface area contributed by atoms with Crippen LogP contribution in [0.4, 0.5) is 4.79 Å². The van der Waals surface area contributed by atoms with Gasteiger partial charge in [-0.3, -0.25) is 9.69 Å². The number of carboxylic acid groups (broad SMARTS) is 1. The maximum Gasteiger partial charge on any atom is 0.328 e. The second kappa shape index (κ2) is 6.56. The molecule has 2 aliphatic rings. The third kappa shape index (κ3) is 3.60. The lowest BCUT2D eigenvalue weighted by atomic mass is 10.0. The second-order valence-electron chi connectivity index (χ2n) is 5.03. The molecule has 0 aliphatic carbocycles. The van der Waals surface area contributed by atoms with Crippen molar-refractivity contribution in [2.24, 2.45) is 5.92 Å². The highest BCUT2D eigenvalue weighted by molar-refractivity contribution is 5.90. The number of nitrogens with one attached hydrogen (secondary N) is 2. The van der Waals surface area contributed by atoms with Crippen LogP contribution in [-0.4, -0.2) is 66.8 Å². The summed E-state index contributed by atoms with van der Waals surface area (Å²) in [6.07, 6.45) is 1.76. The largest absolute Gasteiger partial charge is 0.480 e. The molecule has 0 radical (unpaired) electrons. The molecular weight excluding hydrogens is 266 g/mol. The van der Waals surface area contributed by atoms with Crippen LogP contribution in [-0.2, 0) is 14.3 Å². The zero-order valence-corrected chi connectivity index (χ0v) is 11.1. The molecule has 0 saturated carbocycles. The summed E-state index contributed by atoms with van der Waals surface area (Å²) in [5, 5.41) is 14.2. The van der Waals surface area contributed by atoms with Gasteiger partial charge in [0.15, 0.2) is 0 Å². The molecule has 2 aliphatic heterocycles. The van der Waals surface area contributed by atoms with Crippen molar-refractivity contribution in [1.29, 1.82) is 0 Å². The van der Waals surface area contributed by atoms with Gasteiger partial charge in [-0.05, 0) is 18.8 Å². The van der Waals surface area contributed by atoms with Crippen LogP contribution < -0.4 is 10.6 Å². The van der Waals surface area contributed by atoms with E-state index in [1.807, 2.05) is 0 Å². The highest BCUT2D eigenvalue weighted by Crippen LogP contribution is 2.13. The van der Waals surface area contributed by atoms with Gasteiger partial charge in [0.25, 0.3) is 0 Å². The Kier molecular flexibility index (Phi) is 4.78. The number of carbonyl (C=O) groups is 3. The van der Waals surface area contributed by atoms with Crippen molar-refractivity contribution in [3.63, 3.8) is 0 Å². The third-order valence-electron chi connectivity index (χ3n) is 3.61. The molecule has 3 amide bonds. The molecule has 0 aromatic rings. The SMILES string of the molecule is O=C1CN(C(=O)NCC2CCOCC2)C(C(=O)O)CN1. The van der Waals surface area contributed by atoms with Gasteiger partial charge in [-0.1, -0.05) is 0 Å². The predicted molar refractivity (Wildman–Crippen MR) is 68.1 cm³/mol. The lowest BCUT2D eigenvalue weighted by molar-refractivity contribution is -0.144. The van der Waals surface area contributed by atoms with E-state index < -0.39 is 18.0 Å². The minimum atomic E-state index is -1.12. The van der Waals surface area contributed by atoms with Gasteiger partial charge in [0.05, 0.1) is 0 Å². The first-order valence-electron chi connectivity index (χ1n) is 6.69. The number of carbonyl (C=O) groups excluding carboxylic acids is 2. The van der Waals surface area contributed by atoms with Crippen molar-refractivity contribution in [3.05, 3.63) is 0 Å². The highest BCUT2D eigenvalue weighted by Gasteiger charge is 2.35. The fraction of sp³-hybridized carbons (Fsp3) is 0.750. The highest BCUT2D eigenvalue weighted by atomic mass is 16.5. The van der Waals surface area contributed by atoms with E-state index >= 15 is 0 Å². The average Bonchev–Trinajstić information content (AvgIpc) is 2.45. The first-order chi connectivity index (χ1) is 9.58. The summed E-state index contributed by atoms with van der Waals surface area (Å²) in [6, 6.07) is -1.51. The van der Waals surface area contributed by atoms with E-state index in [9.17, 15) is 14.4 Å². The minimum Gasteiger partial charge on any atom is -0.480 e. The molecule has 0 spiro atoms. The number of nitrogens with zero attached hydrogens (tertiary/aromatic N) is 1. The number of piperazine rings is 1. The normalized spacial score (nSPS) is 24.1. The fourth-order valence-corrected chi connectivity index (χ4v) is 2.36. The topological polar surface area (TPSA) is 108 Å². The Labute approximate surface area is 116 Å². The summed E-state index contributed by atoms with van der Waals surface area (Å²) >= 11 is 0. The molecule has 8 heteroatoms.